The van der Waals surface area contributed by atoms with Crippen LogP contribution in [0.3, 0.4) is 0 Å². The number of fused-ring (bicyclic) bond motifs is 1. The van der Waals surface area contributed by atoms with E-state index in [2.05, 4.69) is 15.1 Å². The average Bonchev–Trinajstić information content (AvgIpc) is 2.44. The van der Waals surface area contributed by atoms with E-state index in [9.17, 15) is 0 Å². The van der Waals surface area contributed by atoms with Gasteiger partial charge in [0.05, 0.1) is 0 Å². The summed E-state index contributed by atoms with van der Waals surface area (Å²) in [6, 6.07) is 0. The molecule has 0 saturated carbocycles. The maximum atomic E-state index is 5.44. The van der Waals surface area contributed by atoms with Gasteiger partial charge in [0.1, 0.15) is 5.82 Å². The molecule has 0 spiro atoms. The van der Waals surface area contributed by atoms with E-state index in [4.69, 9.17) is 5.73 Å². The van der Waals surface area contributed by atoms with Crippen molar-refractivity contribution in [3.8, 4) is 0 Å². The van der Waals surface area contributed by atoms with Gasteiger partial charge in [0.15, 0.2) is 0 Å². The normalized spacial score (nSPS) is 10.9. The maximum absolute atomic E-state index is 5.44. The van der Waals surface area contributed by atoms with Crippen molar-refractivity contribution in [1.82, 2.24) is 19.6 Å². The average molecular weight is 177 g/mol. The molecule has 2 aromatic heterocycles. The summed E-state index contributed by atoms with van der Waals surface area (Å²) in [5.41, 5.74) is 6.52. The molecule has 0 aliphatic heterocycles. The van der Waals surface area contributed by atoms with Gasteiger partial charge in [-0.15, -0.1) is 0 Å². The fourth-order valence-electron chi connectivity index (χ4n) is 1.22. The molecule has 5 nitrogen and oxygen atoms in total. The molecule has 0 saturated heterocycles. The Kier molecular flexibility index (Phi) is 1.94. The Bertz CT molecular complexity index is 419. The first-order valence-electron chi connectivity index (χ1n) is 4.17. The predicted molar refractivity (Wildman–Crippen MR) is 48.3 cm³/mol. The minimum Gasteiger partial charge on any atom is -0.330 e. The molecule has 0 aliphatic rings. The first-order chi connectivity index (χ1) is 6.29. The summed E-state index contributed by atoms with van der Waals surface area (Å²) in [6.45, 7) is 2.47. The maximum Gasteiger partial charge on any atom is 0.252 e. The zero-order valence-corrected chi connectivity index (χ0v) is 7.44. The quantitative estimate of drug-likeness (QED) is 0.697. The minimum absolute atomic E-state index is 0.626. The molecule has 0 aromatic carbocycles. The lowest BCUT2D eigenvalue weighted by molar-refractivity contribution is 0.874. The third-order valence-corrected chi connectivity index (χ3v) is 1.79. The molecule has 2 aromatic rings. The number of rotatable bonds is 2. The lowest BCUT2D eigenvalue weighted by Gasteiger charge is -1.96. The molecule has 5 heteroatoms. The molecule has 0 amide bonds. The molecular formula is C8H11N5. The third kappa shape index (κ3) is 1.50. The van der Waals surface area contributed by atoms with Crippen LogP contribution < -0.4 is 5.73 Å². The first kappa shape index (κ1) is 8.12. The van der Waals surface area contributed by atoms with E-state index in [1.165, 1.54) is 0 Å². The number of nitrogens with zero attached hydrogens (tertiary/aromatic N) is 4. The number of aromatic nitrogens is 4. The molecule has 0 aliphatic carbocycles. The summed E-state index contributed by atoms with van der Waals surface area (Å²) in [5, 5.41) is 4.16. The van der Waals surface area contributed by atoms with Crippen molar-refractivity contribution in [2.75, 3.05) is 6.54 Å². The third-order valence-electron chi connectivity index (χ3n) is 1.79. The zero-order valence-electron chi connectivity index (χ0n) is 7.44. The van der Waals surface area contributed by atoms with Crippen molar-refractivity contribution in [2.45, 2.75) is 13.3 Å². The van der Waals surface area contributed by atoms with Crippen LogP contribution in [0.25, 0.3) is 5.78 Å². The van der Waals surface area contributed by atoms with Gasteiger partial charge < -0.3 is 5.73 Å². The molecule has 0 bridgehead atoms. The van der Waals surface area contributed by atoms with Gasteiger partial charge in [-0.05, 0) is 25.5 Å². The minimum atomic E-state index is 0.626. The van der Waals surface area contributed by atoms with E-state index in [0.29, 0.717) is 12.3 Å². The van der Waals surface area contributed by atoms with E-state index in [1.807, 2.05) is 13.1 Å². The molecule has 0 radical (unpaired) electrons. The summed E-state index contributed by atoms with van der Waals surface area (Å²) in [7, 11) is 0. The van der Waals surface area contributed by atoms with Crippen LogP contribution in [0.5, 0.6) is 0 Å². The molecule has 2 heterocycles. The summed E-state index contributed by atoms with van der Waals surface area (Å²) in [6.07, 6.45) is 4.52. The van der Waals surface area contributed by atoms with E-state index in [-0.39, 0.29) is 0 Å². The number of hydrogen-bond acceptors (Lipinski definition) is 4. The Morgan fingerprint density at radius 3 is 3.15 bits per heavy atom. The fraction of sp³-hybridized carbons (Fsp3) is 0.375. The van der Waals surface area contributed by atoms with Crippen LogP contribution in [0.2, 0.25) is 0 Å². The lowest BCUT2D eigenvalue weighted by Crippen LogP contribution is -2.04. The Balaban J connectivity index is 2.48. The summed E-state index contributed by atoms with van der Waals surface area (Å²) in [5.74, 6) is 1.37. The topological polar surface area (TPSA) is 69.1 Å². The molecule has 13 heavy (non-hydrogen) atoms. The standard InChI is InChI=1S/C8H11N5/c1-6-11-8-10-4-7(2-3-9)5-13(8)12-6/h4-5H,2-3,9H2,1H3. The molecule has 0 unspecified atom stereocenters. The van der Waals surface area contributed by atoms with Gasteiger partial charge in [-0.2, -0.15) is 10.1 Å². The monoisotopic (exact) mass is 177 g/mol. The molecule has 0 atom stereocenters. The molecule has 2 N–H and O–H groups in total. The second-order valence-electron chi connectivity index (χ2n) is 2.90. The Hall–Kier alpha value is -1.49. The van der Waals surface area contributed by atoms with Gasteiger partial charge in [0, 0.05) is 12.4 Å². The van der Waals surface area contributed by atoms with Gasteiger partial charge in [-0.25, -0.2) is 9.50 Å². The van der Waals surface area contributed by atoms with Gasteiger partial charge in [-0.1, -0.05) is 0 Å². The Labute approximate surface area is 75.6 Å². The first-order valence-corrected chi connectivity index (χ1v) is 4.17. The van der Waals surface area contributed by atoms with Gasteiger partial charge in [0.2, 0.25) is 0 Å². The van der Waals surface area contributed by atoms with E-state index < -0.39 is 0 Å². The lowest BCUT2D eigenvalue weighted by atomic mass is 10.2. The highest BCUT2D eigenvalue weighted by Gasteiger charge is 2.00. The molecule has 2 rings (SSSR count). The van der Waals surface area contributed by atoms with Crippen molar-refractivity contribution < 1.29 is 0 Å². The smallest absolute Gasteiger partial charge is 0.252 e. The van der Waals surface area contributed by atoms with Crippen molar-refractivity contribution in [2.24, 2.45) is 5.73 Å². The summed E-state index contributed by atoms with van der Waals surface area (Å²) >= 11 is 0. The molecule has 0 fully saturated rings. The van der Waals surface area contributed by atoms with Crippen molar-refractivity contribution in [1.29, 1.82) is 0 Å². The van der Waals surface area contributed by atoms with Crippen molar-refractivity contribution in [3.63, 3.8) is 0 Å². The van der Waals surface area contributed by atoms with E-state index >= 15 is 0 Å². The van der Waals surface area contributed by atoms with E-state index in [0.717, 1.165) is 17.8 Å². The van der Waals surface area contributed by atoms with E-state index in [1.54, 1.807) is 10.7 Å². The highest BCUT2D eigenvalue weighted by Crippen LogP contribution is 2.00. The van der Waals surface area contributed by atoms with Crippen LogP contribution in [0.15, 0.2) is 12.4 Å². The van der Waals surface area contributed by atoms with Crippen LogP contribution in [0, 0.1) is 6.92 Å². The summed E-state index contributed by atoms with van der Waals surface area (Å²) < 4.78 is 1.68. The largest absolute Gasteiger partial charge is 0.330 e. The SMILES string of the molecule is Cc1nc2ncc(CCN)cn2n1. The number of aryl methyl sites for hydroxylation is 1. The molecule has 68 valence electrons. The predicted octanol–water partition coefficient (Wildman–Crippen LogP) is -0.0661. The second-order valence-corrected chi connectivity index (χ2v) is 2.90. The van der Waals surface area contributed by atoms with Crippen molar-refractivity contribution in [3.05, 3.63) is 23.8 Å². The van der Waals surface area contributed by atoms with Crippen LogP contribution in [-0.4, -0.2) is 26.1 Å². The van der Waals surface area contributed by atoms with Crippen LogP contribution in [0.1, 0.15) is 11.4 Å². The Morgan fingerprint density at radius 2 is 2.38 bits per heavy atom. The fourth-order valence-corrected chi connectivity index (χ4v) is 1.22. The van der Waals surface area contributed by atoms with Crippen LogP contribution >= 0.6 is 0 Å². The second kappa shape index (κ2) is 3.10. The summed E-state index contributed by atoms with van der Waals surface area (Å²) in [4.78, 5) is 8.28. The van der Waals surface area contributed by atoms with Crippen molar-refractivity contribution >= 4 is 5.78 Å². The van der Waals surface area contributed by atoms with Gasteiger partial charge in [-0.3, -0.25) is 0 Å². The highest BCUT2D eigenvalue weighted by molar-refractivity contribution is 5.27. The molecular weight excluding hydrogens is 166 g/mol. The van der Waals surface area contributed by atoms with Crippen LogP contribution in [-0.2, 0) is 6.42 Å². The van der Waals surface area contributed by atoms with Crippen LogP contribution in [0.4, 0.5) is 0 Å². The Morgan fingerprint density at radius 1 is 1.54 bits per heavy atom. The number of hydrogen-bond donors (Lipinski definition) is 1. The van der Waals surface area contributed by atoms with Gasteiger partial charge >= 0.3 is 0 Å². The van der Waals surface area contributed by atoms with Gasteiger partial charge in [0.25, 0.3) is 5.78 Å². The highest BCUT2D eigenvalue weighted by atomic mass is 15.3. The number of nitrogens with two attached hydrogens (primary N) is 1. The zero-order chi connectivity index (χ0) is 9.26.